The number of ether oxygens (including phenoxy) is 2. The molecular formula is C15H23ClN2O3. The molecule has 0 saturated heterocycles. The van der Waals surface area contributed by atoms with Crippen molar-refractivity contribution in [2.75, 3.05) is 13.7 Å². The minimum absolute atomic E-state index is 0.0239. The second-order valence-corrected chi connectivity index (χ2v) is 5.24. The molecule has 1 aromatic rings. The first-order valence-electron chi connectivity index (χ1n) is 6.99. The fraction of sp³-hybridized carbons (Fsp3) is 0.533. The third-order valence-corrected chi connectivity index (χ3v) is 3.18. The van der Waals surface area contributed by atoms with E-state index in [-0.39, 0.29) is 11.9 Å². The Balaban J connectivity index is 2.67. The van der Waals surface area contributed by atoms with Gasteiger partial charge in [0, 0.05) is 19.0 Å². The molecule has 0 spiro atoms. The van der Waals surface area contributed by atoms with Crippen molar-refractivity contribution in [2.24, 2.45) is 5.73 Å². The lowest BCUT2D eigenvalue weighted by Gasteiger charge is -2.13. The quantitative estimate of drug-likeness (QED) is 0.773. The van der Waals surface area contributed by atoms with Crippen LogP contribution in [0.25, 0.3) is 0 Å². The number of hydrogen-bond acceptors (Lipinski definition) is 4. The highest BCUT2D eigenvalue weighted by atomic mass is 35.5. The fourth-order valence-corrected chi connectivity index (χ4v) is 2.10. The lowest BCUT2D eigenvalue weighted by atomic mass is 10.1. The summed E-state index contributed by atoms with van der Waals surface area (Å²) >= 11 is 6.18. The summed E-state index contributed by atoms with van der Waals surface area (Å²) in [6.45, 7) is 4.65. The molecule has 0 aliphatic heterocycles. The summed E-state index contributed by atoms with van der Waals surface area (Å²) in [5, 5.41) is 3.30. The summed E-state index contributed by atoms with van der Waals surface area (Å²) in [7, 11) is 1.55. The van der Waals surface area contributed by atoms with E-state index >= 15 is 0 Å². The van der Waals surface area contributed by atoms with Crippen molar-refractivity contribution < 1.29 is 14.3 Å². The van der Waals surface area contributed by atoms with Crippen molar-refractivity contribution in [3.8, 4) is 11.5 Å². The van der Waals surface area contributed by atoms with Gasteiger partial charge in [-0.2, -0.15) is 0 Å². The van der Waals surface area contributed by atoms with Crippen LogP contribution in [0.4, 0.5) is 0 Å². The Morgan fingerprint density at radius 3 is 2.76 bits per heavy atom. The minimum Gasteiger partial charge on any atom is -0.493 e. The molecule has 6 heteroatoms. The average Bonchev–Trinajstić information content (AvgIpc) is 2.45. The van der Waals surface area contributed by atoms with Crippen LogP contribution in [0.2, 0.25) is 5.02 Å². The highest BCUT2D eigenvalue weighted by Crippen LogP contribution is 2.36. The molecule has 0 radical (unpaired) electrons. The summed E-state index contributed by atoms with van der Waals surface area (Å²) < 4.78 is 10.7. The Hall–Kier alpha value is -1.46. The molecule has 0 saturated carbocycles. The smallest absolute Gasteiger partial charge is 0.220 e. The zero-order valence-electron chi connectivity index (χ0n) is 12.7. The van der Waals surface area contributed by atoms with Crippen molar-refractivity contribution in [2.45, 2.75) is 39.3 Å². The van der Waals surface area contributed by atoms with E-state index in [1.165, 1.54) is 0 Å². The zero-order valence-corrected chi connectivity index (χ0v) is 13.5. The van der Waals surface area contributed by atoms with Gasteiger partial charge in [-0.25, -0.2) is 0 Å². The van der Waals surface area contributed by atoms with Crippen molar-refractivity contribution in [3.63, 3.8) is 0 Å². The number of carbonyl (C=O) groups is 1. The van der Waals surface area contributed by atoms with Gasteiger partial charge in [0.2, 0.25) is 5.91 Å². The van der Waals surface area contributed by atoms with Gasteiger partial charge >= 0.3 is 0 Å². The molecule has 0 heterocycles. The number of benzene rings is 1. The maximum Gasteiger partial charge on any atom is 0.220 e. The van der Waals surface area contributed by atoms with Gasteiger partial charge in [-0.05, 0) is 38.0 Å². The fourth-order valence-electron chi connectivity index (χ4n) is 1.81. The number of carbonyl (C=O) groups excluding carboxylic acids is 1. The first kappa shape index (κ1) is 17.6. The van der Waals surface area contributed by atoms with Crippen LogP contribution in [-0.2, 0) is 11.3 Å². The SMILES string of the molecule is CCOc1c(Cl)cc(CNC(=O)CCC(C)N)cc1OC. The van der Waals surface area contributed by atoms with Crippen LogP contribution in [-0.4, -0.2) is 25.7 Å². The van der Waals surface area contributed by atoms with Crippen LogP contribution in [0, 0.1) is 0 Å². The molecule has 0 aliphatic rings. The Morgan fingerprint density at radius 2 is 2.19 bits per heavy atom. The maximum absolute atomic E-state index is 11.7. The average molecular weight is 315 g/mol. The number of rotatable bonds is 8. The lowest BCUT2D eigenvalue weighted by Crippen LogP contribution is -2.25. The summed E-state index contributed by atoms with van der Waals surface area (Å²) in [5.41, 5.74) is 6.48. The van der Waals surface area contributed by atoms with Crippen molar-refractivity contribution in [1.82, 2.24) is 5.32 Å². The maximum atomic E-state index is 11.7. The molecule has 0 aliphatic carbocycles. The number of nitrogens with one attached hydrogen (secondary N) is 1. The molecule has 1 rings (SSSR count). The molecule has 1 aromatic carbocycles. The van der Waals surface area contributed by atoms with Gasteiger partial charge < -0.3 is 20.5 Å². The number of methoxy groups -OCH3 is 1. The van der Waals surface area contributed by atoms with Gasteiger partial charge in [0.1, 0.15) is 0 Å². The number of nitrogens with two attached hydrogens (primary N) is 1. The van der Waals surface area contributed by atoms with E-state index in [4.69, 9.17) is 26.8 Å². The van der Waals surface area contributed by atoms with E-state index in [2.05, 4.69) is 5.32 Å². The number of amides is 1. The molecule has 5 nitrogen and oxygen atoms in total. The van der Waals surface area contributed by atoms with Gasteiger partial charge in [-0.15, -0.1) is 0 Å². The van der Waals surface area contributed by atoms with E-state index in [0.717, 1.165) is 5.56 Å². The third-order valence-electron chi connectivity index (χ3n) is 2.89. The molecule has 1 unspecified atom stereocenters. The second-order valence-electron chi connectivity index (χ2n) is 4.83. The van der Waals surface area contributed by atoms with Crippen LogP contribution in [0.3, 0.4) is 0 Å². The molecule has 3 N–H and O–H groups in total. The van der Waals surface area contributed by atoms with Crippen molar-refractivity contribution in [3.05, 3.63) is 22.7 Å². The summed E-state index contributed by atoms with van der Waals surface area (Å²) in [6, 6.07) is 3.60. The van der Waals surface area contributed by atoms with Crippen LogP contribution in [0.15, 0.2) is 12.1 Å². The molecule has 1 atom stereocenters. The molecule has 21 heavy (non-hydrogen) atoms. The van der Waals surface area contributed by atoms with Crippen LogP contribution >= 0.6 is 11.6 Å². The predicted octanol–water partition coefficient (Wildman–Crippen LogP) is 2.49. The Kier molecular flexibility index (Phi) is 7.32. The van der Waals surface area contributed by atoms with Gasteiger partial charge in [0.05, 0.1) is 18.7 Å². The molecule has 118 valence electrons. The van der Waals surface area contributed by atoms with E-state index in [9.17, 15) is 4.79 Å². The van der Waals surface area contributed by atoms with E-state index in [1.807, 2.05) is 19.9 Å². The third kappa shape index (κ3) is 5.81. The monoisotopic (exact) mass is 314 g/mol. The van der Waals surface area contributed by atoms with Gasteiger partial charge in [-0.1, -0.05) is 11.6 Å². The second kappa shape index (κ2) is 8.74. The number of halogens is 1. The minimum atomic E-state index is -0.0312. The van der Waals surface area contributed by atoms with Gasteiger partial charge in [0.25, 0.3) is 0 Å². The Bertz CT molecular complexity index is 478. The predicted molar refractivity (Wildman–Crippen MR) is 83.9 cm³/mol. The summed E-state index contributed by atoms with van der Waals surface area (Å²) in [4.78, 5) is 11.7. The molecule has 1 amide bonds. The van der Waals surface area contributed by atoms with Gasteiger partial charge in [0.15, 0.2) is 11.5 Å². The molecule has 0 fully saturated rings. The first-order chi connectivity index (χ1) is 9.97. The summed E-state index contributed by atoms with van der Waals surface area (Å²) in [5.74, 6) is 1.05. The Morgan fingerprint density at radius 1 is 1.48 bits per heavy atom. The lowest BCUT2D eigenvalue weighted by molar-refractivity contribution is -0.121. The zero-order chi connectivity index (χ0) is 15.8. The van der Waals surface area contributed by atoms with E-state index in [1.54, 1.807) is 13.2 Å². The number of hydrogen-bond donors (Lipinski definition) is 2. The van der Waals surface area contributed by atoms with Crippen molar-refractivity contribution >= 4 is 17.5 Å². The highest BCUT2D eigenvalue weighted by molar-refractivity contribution is 6.32. The van der Waals surface area contributed by atoms with E-state index < -0.39 is 0 Å². The highest BCUT2D eigenvalue weighted by Gasteiger charge is 2.12. The normalized spacial score (nSPS) is 11.9. The molecular weight excluding hydrogens is 292 g/mol. The van der Waals surface area contributed by atoms with Gasteiger partial charge in [-0.3, -0.25) is 4.79 Å². The van der Waals surface area contributed by atoms with E-state index in [0.29, 0.717) is 42.5 Å². The molecule has 0 bridgehead atoms. The van der Waals surface area contributed by atoms with Crippen LogP contribution in [0.1, 0.15) is 32.3 Å². The topological polar surface area (TPSA) is 73.6 Å². The standard InChI is InChI=1S/C15H23ClN2O3/c1-4-21-15-12(16)7-11(8-13(15)20-3)9-18-14(19)6-5-10(2)17/h7-8,10H,4-6,9,17H2,1-3H3,(H,18,19). The van der Waals surface area contributed by atoms with Crippen LogP contribution < -0.4 is 20.5 Å². The Labute approximate surface area is 130 Å². The van der Waals surface area contributed by atoms with Crippen LogP contribution in [0.5, 0.6) is 11.5 Å². The molecule has 0 aromatic heterocycles. The van der Waals surface area contributed by atoms with Crippen molar-refractivity contribution in [1.29, 1.82) is 0 Å². The first-order valence-corrected chi connectivity index (χ1v) is 7.37. The summed E-state index contributed by atoms with van der Waals surface area (Å²) in [6.07, 6.45) is 1.08. The largest absolute Gasteiger partial charge is 0.493 e.